The molecule has 9 nitrogen and oxygen atoms in total. The van der Waals surface area contributed by atoms with E-state index in [9.17, 15) is 24.1 Å². The van der Waals surface area contributed by atoms with Crippen LogP contribution in [-0.2, 0) is 22.6 Å². The summed E-state index contributed by atoms with van der Waals surface area (Å²) in [6.45, 7) is 1.78. The molecule has 25 heavy (non-hydrogen) atoms. The van der Waals surface area contributed by atoms with Gasteiger partial charge < -0.3 is 10.1 Å². The van der Waals surface area contributed by atoms with Crippen LogP contribution in [-0.4, -0.2) is 26.5 Å². The monoisotopic (exact) mass is 349 g/mol. The highest BCUT2D eigenvalue weighted by Gasteiger charge is 2.16. The predicted molar refractivity (Wildman–Crippen MR) is 84.6 cm³/mol. The van der Waals surface area contributed by atoms with Crippen LogP contribution in [0.2, 0.25) is 0 Å². The fourth-order valence-electron chi connectivity index (χ4n) is 2.05. The quantitative estimate of drug-likeness (QED) is 0.596. The second kappa shape index (κ2) is 7.99. The number of carbonyl (C=O) groups excluding carboxylic acids is 2. The van der Waals surface area contributed by atoms with Gasteiger partial charge in [-0.1, -0.05) is 12.1 Å². The minimum Gasteiger partial charge on any atom is -0.358 e. The van der Waals surface area contributed by atoms with Crippen LogP contribution in [0.25, 0.3) is 0 Å². The number of carbonyl (C=O) groups is 2. The molecule has 0 fully saturated rings. The highest BCUT2D eigenvalue weighted by molar-refractivity contribution is 5.83. The van der Waals surface area contributed by atoms with Crippen LogP contribution in [0, 0.1) is 22.9 Å². The number of benzene rings is 1. The van der Waals surface area contributed by atoms with E-state index in [2.05, 4.69) is 16.0 Å². The van der Waals surface area contributed by atoms with Gasteiger partial charge in [0.15, 0.2) is 0 Å². The molecule has 0 spiro atoms. The molecular weight excluding hydrogens is 333 g/mol. The van der Waals surface area contributed by atoms with E-state index < -0.39 is 22.6 Å². The minimum atomic E-state index is -0.612. The van der Waals surface area contributed by atoms with Crippen LogP contribution in [0.5, 0.6) is 0 Å². The molecule has 2 aromatic rings. The molecule has 0 radical (unpaired) electrons. The number of nitro groups is 1. The number of hydrogen-bond donors (Lipinski definition) is 2. The number of hydrogen-bond acceptors (Lipinski definition) is 5. The molecule has 1 aromatic carbocycles. The molecule has 0 unspecified atom stereocenters. The normalized spacial score (nSPS) is 10.3. The number of nitrogens with one attached hydrogen (secondary N) is 2. The summed E-state index contributed by atoms with van der Waals surface area (Å²) in [6, 6.07) is 6.75. The fraction of sp³-hybridized carbons (Fsp3) is 0.267. The highest BCUT2D eigenvalue weighted by atomic mass is 19.1. The van der Waals surface area contributed by atoms with Crippen LogP contribution in [0.15, 0.2) is 30.3 Å². The number of rotatable bonds is 6. The predicted octanol–water partition coefficient (Wildman–Crippen LogP) is 1.02. The van der Waals surface area contributed by atoms with E-state index in [-0.39, 0.29) is 25.2 Å². The molecule has 0 atom stereocenters. The van der Waals surface area contributed by atoms with Crippen molar-refractivity contribution in [2.24, 2.45) is 0 Å². The number of nitrogens with zero attached hydrogens (tertiary/aromatic N) is 3. The Hall–Kier alpha value is -3.30. The molecule has 2 N–H and O–H groups in total. The van der Waals surface area contributed by atoms with E-state index >= 15 is 0 Å². The van der Waals surface area contributed by atoms with E-state index in [1.165, 1.54) is 35.0 Å². The average Bonchev–Trinajstić information content (AvgIpc) is 2.94. The van der Waals surface area contributed by atoms with Crippen molar-refractivity contribution in [1.29, 1.82) is 0 Å². The van der Waals surface area contributed by atoms with Crippen molar-refractivity contribution >= 4 is 17.6 Å². The van der Waals surface area contributed by atoms with Crippen molar-refractivity contribution in [3.63, 3.8) is 0 Å². The molecule has 0 aliphatic carbocycles. The summed E-state index contributed by atoms with van der Waals surface area (Å²) in [6.07, 6.45) is -0.0263. The van der Waals surface area contributed by atoms with Gasteiger partial charge in [-0.3, -0.25) is 20.4 Å². The topological polar surface area (TPSA) is 119 Å². The second-order valence-corrected chi connectivity index (χ2v) is 5.27. The molecule has 2 rings (SSSR count). The Kier molecular flexibility index (Phi) is 5.77. The summed E-state index contributed by atoms with van der Waals surface area (Å²) < 4.78 is 14.1. The van der Waals surface area contributed by atoms with Crippen molar-refractivity contribution in [3.05, 3.63) is 57.5 Å². The molecule has 0 saturated carbocycles. The Bertz CT molecular complexity index is 788. The molecule has 132 valence electrons. The SMILES string of the molecule is Cc1cc([N+](=O)[O-])nn1CCC(=O)NNC(=O)Cc1ccc(F)cc1. The lowest BCUT2D eigenvalue weighted by Gasteiger charge is -2.07. The van der Waals surface area contributed by atoms with Gasteiger partial charge in [0.05, 0.1) is 29.8 Å². The average molecular weight is 349 g/mol. The molecule has 0 saturated heterocycles. The van der Waals surface area contributed by atoms with Crippen LogP contribution >= 0.6 is 0 Å². The lowest BCUT2D eigenvalue weighted by Crippen LogP contribution is -2.42. The zero-order chi connectivity index (χ0) is 18.4. The number of halogens is 1. The third-order valence-electron chi connectivity index (χ3n) is 3.33. The van der Waals surface area contributed by atoms with E-state index in [0.29, 0.717) is 11.3 Å². The second-order valence-electron chi connectivity index (χ2n) is 5.27. The van der Waals surface area contributed by atoms with E-state index in [4.69, 9.17) is 0 Å². The Balaban J connectivity index is 1.76. The summed E-state index contributed by atoms with van der Waals surface area (Å²) >= 11 is 0. The number of aromatic nitrogens is 2. The first-order valence-corrected chi connectivity index (χ1v) is 7.36. The molecule has 10 heteroatoms. The summed E-state index contributed by atoms with van der Waals surface area (Å²) in [7, 11) is 0. The molecule has 0 aliphatic heterocycles. The van der Waals surface area contributed by atoms with Gasteiger partial charge in [-0.2, -0.15) is 4.68 Å². The van der Waals surface area contributed by atoms with Crippen molar-refractivity contribution in [2.75, 3.05) is 0 Å². The van der Waals surface area contributed by atoms with Gasteiger partial charge in [-0.15, -0.1) is 0 Å². The highest BCUT2D eigenvalue weighted by Crippen LogP contribution is 2.11. The van der Waals surface area contributed by atoms with Crippen molar-refractivity contribution in [1.82, 2.24) is 20.6 Å². The van der Waals surface area contributed by atoms with Crippen LogP contribution in [0.4, 0.5) is 10.2 Å². The molecule has 1 aromatic heterocycles. The van der Waals surface area contributed by atoms with Crippen LogP contribution in [0.3, 0.4) is 0 Å². The van der Waals surface area contributed by atoms with Gasteiger partial charge in [0.1, 0.15) is 5.82 Å². The fourth-order valence-corrected chi connectivity index (χ4v) is 2.05. The van der Waals surface area contributed by atoms with Crippen LogP contribution < -0.4 is 10.9 Å². The lowest BCUT2D eigenvalue weighted by atomic mass is 10.1. The maximum Gasteiger partial charge on any atom is 0.390 e. The van der Waals surface area contributed by atoms with Gasteiger partial charge in [-0.25, -0.2) is 4.39 Å². The van der Waals surface area contributed by atoms with E-state index in [1.54, 1.807) is 6.92 Å². The Morgan fingerprint density at radius 3 is 2.48 bits per heavy atom. The largest absolute Gasteiger partial charge is 0.390 e. The smallest absolute Gasteiger partial charge is 0.358 e. The van der Waals surface area contributed by atoms with Crippen molar-refractivity contribution in [2.45, 2.75) is 26.3 Å². The standard InChI is InChI=1S/C15H16FN5O4/c1-10-8-13(21(24)25)19-20(10)7-6-14(22)17-18-15(23)9-11-2-4-12(16)5-3-11/h2-5,8H,6-7,9H2,1H3,(H,17,22)(H,18,23). The van der Waals surface area contributed by atoms with Gasteiger partial charge in [0.2, 0.25) is 11.8 Å². The third kappa shape index (κ3) is 5.37. The first-order valence-electron chi connectivity index (χ1n) is 7.36. The number of hydrazine groups is 1. The van der Waals surface area contributed by atoms with Crippen molar-refractivity contribution < 1.29 is 18.9 Å². The Morgan fingerprint density at radius 2 is 1.88 bits per heavy atom. The molecule has 0 bridgehead atoms. The van der Waals surface area contributed by atoms with E-state index in [0.717, 1.165) is 0 Å². The first kappa shape index (κ1) is 18.0. The third-order valence-corrected chi connectivity index (χ3v) is 3.33. The molecular formula is C15H16FN5O4. The zero-order valence-electron chi connectivity index (χ0n) is 13.4. The molecule has 1 heterocycles. The lowest BCUT2D eigenvalue weighted by molar-refractivity contribution is -0.389. The summed E-state index contributed by atoms with van der Waals surface area (Å²) in [5.74, 6) is -1.60. The maximum absolute atomic E-state index is 12.8. The molecule has 0 aliphatic rings. The van der Waals surface area contributed by atoms with Gasteiger partial charge in [-0.05, 0) is 29.5 Å². The van der Waals surface area contributed by atoms with Crippen LogP contribution in [0.1, 0.15) is 17.7 Å². The summed E-state index contributed by atoms with van der Waals surface area (Å²) in [5.41, 5.74) is 5.66. The van der Waals surface area contributed by atoms with Gasteiger partial charge >= 0.3 is 5.82 Å². The Morgan fingerprint density at radius 1 is 1.24 bits per heavy atom. The first-order chi connectivity index (χ1) is 11.8. The number of amides is 2. The van der Waals surface area contributed by atoms with Gasteiger partial charge in [0.25, 0.3) is 0 Å². The maximum atomic E-state index is 12.8. The molecule has 2 amide bonds. The zero-order valence-corrected chi connectivity index (χ0v) is 13.4. The van der Waals surface area contributed by atoms with Gasteiger partial charge in [0, 0.05) is 6.42 Å². The number of aryl methyl sites for hydroxylation is 2. The Labute approximate surface area is 141 Å². The van der Waals surface area contributed by atoms with E-state index in [1.807, 2.05) is 0 Å². The minimum absolute atomic E-state index is 0.00891. The van der Waals surface area contributed by atoms with Crippen molar-refractivity contribution in [3.8, 4) is 0 Å². The summed E-state index contributed by atoms with van der Waals surface area (Å²) in [5, 5.41) is 14.4. The summed E-state index contributed by atoms with van der Waals surface area (Å²) in [4.78, 5) is 33.4.